The molecule has 2 amide bonds. The van der Waals surface area contributed by atoms with E-state index in [0.29, 0.717) is 45.0 Å². The Bertz CT molecular complexity index is 977. The van der Waals surface area contributed by atoms with Crippen LogP contribution in [0, 0.1) is 0 Å². The van der Waals surface area contributed by atoms with E-state index in [1.165, 1.54) is 12.0 Å². The van der Waals surface area contributed by atoms with Crippen molar-refractivity contribution < 1.29 is 19.1 Å². The van der Waals surface area contributed by atoms with Gasteiger partial charge in [0.05, 0.1) is 12.0 Å². The third-order valence-electron chi connectivity index (χ3n) is 4.22. The zero-order valence-electron chi connectivity index (χ0n) is 15.9. The summed E-state index contributed by atoms with van der Waals surface area (Å²) in [5, 5.41) is 0.774. The van der Waals surface area contributed by atoms with Gasteiger partial charge >= 0.3 is 0 Å². The second-order valence-corrected chi connectivity index (χ2v) is 8.07. The second-order valence-electron chi connectivity index (χ2n) is 6.24. The SMILES string of the molecule is CCCN1C(=O)S/C(=C/c2cccc(OC)c2OCc2ccc(Cl)cc2Cl)C1=O. The van der Waals surface area contributed by atoms with Crippen molar-refractivity contribution in [1.29, 1.82) is 0 Å². The van der Waals surface area contributed by atoms with Crippen LogP contribution in [-0.4, -0.2) is 29.7 Å². The molecule has 0 unspecified atom stereocenters. The first-order valence-electron chi connectivity index (χ1n) is 8.93. The van der Waals surface area contributed by atoms with Gasteiger partial charge in [0.15, 0.2) is 11.5 Å². The highest BCUT2D eigenvalue weighted by Gasteiger charge is 2.34. The van der Waals surface area contributed by atoms with Crippen LogP contribution < -0.4 is 9.47 Å². The number of rotatable bonds is 7. The maximum atomic E-state index is 12.5. The first-order chi connectivity index (χ1) is 13.9. The van der Waals surface area contributed by atoms with E-state index < -0.39 is 0 Å². The minimum atomic E-state index is -0.295. The number of nitrogens with zero attached hydrogens (tertiary/aromatic N) is 1. The average molecular weight is 452 g/mol. The van der Waals surface area contributed by atoms with E-state index in [1.54, 1.807) is 42.5 Å². The van der Waals surface area contributed by atoms with Crippen LogP contribution in [0.15, 0.2) is 41.3 Å². The minimum absolute atomic E-state index is 0.189. The van der Waals surface area contributed by atoms with Crippen LogP contribution in [0.25, 0.3) is 6.08 Å². The number of thioether (sulfide) groups is 1. The zero-order chi connectivity index (χ0) is 21.0. The summed E-state index contributed by atoms with van der Waals surface area (Å²) in [6.07, 6.45) is 2.36. The summed E-state index contributed by atoms with van der Waals surface area (Å²) in [5.41, 5.74) is 1.40. The molecule has 0 N–H and O–H groups in total. The first kappa shape index (κ1) is 21.6. The van der Waals surface area contributed by atoms with Gasteiger partial charge < -0.3 is 9.47 Å². The van der Waals surface area contributed by atoms with Crippen LogP contribution in [0.1, 0.15) is 24.5 Å². The Balaban J connectivity index is 1.90. The average Bonchev–Trinajstić information content (AvgIpc) is 2.95. The second kappa shape index (κ2) is 9.57. The number of hydrogen-bond donors (Lipinski definition) is 0. The van der Waals surface area contributed by atoms with Gasteiger partial charge in [0.25, 0.3) is 11.1 Å². The Morgan fingerprint density at radius 3 is 2.66 bits per heavy atom. The fourth-order valence-corrected chi connectivity index (χ4v) is 4.13. The van der Waals surface area contributed by atoms with E-state index in [9.17, 15) is 9.59 Å². The highest BCUT2D eigenvalue weighted by Crippen LogP contribution is 2.38. The third-order valence-corrected chi connectivity index (χ3v) is 5.72. The molecule has 5 nitrogen and oxygen atoms in total. The fraction of sp³-hybridized carbons (Fsp3) is 0.238. The standard InChI is InChI=1S/C21H19Cl2NO4S/c1-3-9-24-20(25)18(29-21(24)26)10-13-5-4-6-17(27-2)19(13)28-12-14-7-8-15(22)11-16(14)23/h4-8,10-11H,3,9,12H2,1-2H3/b18-10+. The van der Waals surface area contributed by atoms with Gasteiger partial charge in [-0.1, -0.05) is 48.3 Å². The number of ether oxygens (including phenoxy) is 2. The van der Waals surface area contributed by atoms with E-state index in [2.05, 4.69) is 0 Å². The number of halogens is 2. The molecule has 0 aromatic heterocycles. The molecule has 0 atom stereocenters. The summed E-state index contributed by atoms with van der Waals surface area (Å²) in [6.45, 7) is 2.51. The fourth-order valence-electron chi connectivity index (χ4n) is 2.81. The van der Waals surface area contributed by atoms with Crippen LogP contribution in [0.2, 0.25) is 10.0 Å². The van der Waals surface area contributed by atoms with Gasteiger partial charge in [0.2, 0.25) is 0 Å². The number of carbonyl (C=O) groups is 2. The summed E-state index contributed by atoms with van der Waals surface area (Å²) in [5.74, 6) is 0.677. The molecule has 2 aromatic carbocycles. The number of amides is 2. The first-order valence-corrected chi connectivity index (χ1v) is 10.5. The van der Waals surface area contributed by atoms with Crippen molar-refractivity contribution in [2.75, 3.05) is 13.7 Å². The number of methoxy groups -OCH3 is 1. The monoisotopic (exact) mass is 451 g/mol. The molecule has 0 saturated carbocycles. The summed E-state index contributed by atoms with van der Waals surface area (Å²) in [4.78, 5) is 26.3. The van der Waals surface area contributed by atoms with Gasteiger partial charge in [-0.25, -0.2) is 0 Å². The Kier molecular flexibility index (Phi) is 7.11. The van der Waals surface area contributed by atoms with Gasteiger partial charge in [0, 0.05) is 27.7 Å². The molecule has 0 bridgehead atoms. The van der Waals surface area contributed by atoms with Gasteiger partial charge in [-0.05, 0) is 42.5 Å². The minimum Gasteiger partial charge on any atom is -0.493 e. The lowest BCUT2D eigenvalue weighted by molar-refractivity contribution is -0.122. The van der Waals surface area contributed by atoms with Crippen LogP contribution in [-0.2, 0) is 11.4 Å². The normalized spacial score (nSPS) is 15.3. The van der Waals surface area contributed by atoms with E-state index in [4.69, 9.17) is 32.7 Å². The van der Waals surface area contributed by atoms with Crippen molar-refractivity contribution in [3.8, 4) is 11.5 Å². The van der Waals surface area contributed by atoms with Crippen molar-refractivity contribution in [2.45, 2.75) is 20.0 Å². The molecule has 1 aliphatic rings. The van der Waals surface area contributed by atoms with E-state index in [0.717, 1.165) is 17.3 Å². The van der Waals surface area contributed by atoms with Crippen molar-refractivity contribution in [3.05, 3.63) is 62.5 Å². The Morgan fingerprint density at radius 1 is 1.17 bits per heavy atom. The van der Waals surface area contributed by atoms with Crippen LogP contribution in [0.5, 0.6) is 11.5 Å². The highest BCUT2D eigenvalue weighted by molar-refractivity contribution is 8.18. The predicted molar refractivity (Wildman–Crippen MR) is 117 cm³/mol. The van der Waals surface area contributed by atoms with E-state index >= 15 is 0 Å². The van der Waals surface area contributed by atoms with Crippen molar-refractivity contribution in [2.24, 2.45) is 0 Å². The molecule has 2 aromatic rings. The molecule has 0 radical (unpaired) electrons. The summed E-state index contributed by atoms with van der Waals surface area (Å²) in [6, 6.07) is 10.5. The molecule has 8 heteroatoms. The lowest BCUT2D eigenvalue weighted by atomic mass is 10.1. The molecule has 0 spiro atoms. The topological polar surface area (TPSA) is 55.8 Å². The largest absolute Gasteiger partial charge is 0.493 e. The van der Waals surface area contributed by atoms with Gasteiger partial charge in [-0.3, -0.25) is 14.5 Å². The Morgan fingerprint density at radius 2 is 1.97 bits per heavy atom. The maximum absolute atomic E-state index is 12.5. The summed E-state index contributed by atoms with van der Waals surface area (Å²) in [7, 11) is 1.54. The smallest absolute Gasteiger partial charge is 0.293 e. The number of hydrogen-bond acceptors (Lipinski definition) is 5. The number of para-hydroxylation sites is 1. The summed E-state index contributed by atoms with van der Waals surface area (Å²) < 4.78 is 11.4. The lowest BCUT2D eigenvalue weighted by Gasteiger charge is -2.14. The number of imide groups is 1. The van der Waals surface area contributed by atoms with E-state index in [1.807, 2.05) is 6.92 Å². The van der Waals surface area contributed by atoms with E-state index in [-0.39, 0.29) is 17.8 Å². The van der Waals surface area contributed by atoms with Gasteiger partial charge in [-0.2, -0.15) is 0 Å². The molecule has 0 aliphatic carbocycles. The van der Waals surface area contributed by atoms with Crippen LogP contribution in [0.4, 0.5) is 4.79 Å². The van der Waals surface area contributed by atoms with Crippen molar-refractivity contribution in [3.63, 3.8) is 0 Å². The van der Waals surface area contributed by atoms with Crippen LogP contribution >= 0.6 is 35.0 Å². The molecule has 152 valence electrons. The third kappa shape index (κ3) is 4.89. The van der Waals surface area contributed by atoms with Crippen molar-refractivity contribution in [1.82, 2.24) is 4.90 Å². The number of benzene rings is 2. The molecule has 1 heterocycles. The summed E-state index contributed by atoms with van der Waals surface area (Å²) >= 11 is 13.1. The highest BCUT2D eigenvalue weighted by atomic mass is 35.5. The molecular weight excluding hydrogens is 433 g/mol. The lowest BCUT2D eigenvalue weighted by Crippen LogP contribution is -2.28. The van der Waals surface area contributed by atoms with Crippen LogP contribution in [0.3, 0.4) is 0 Å². The van der Waals surface area contributed by atoms with Crippen molar-refractivity contribution >= 4 is 52.2 Å². The van der Waals surface area contributed by atoms with Gasteiger partial charge in [0.1, 0.15) is 6.61 Å². The Labute approximate surface area is 183 Å². The molecular formula is C21H19Cl2NO4S. The number of carbonyl (C=O) groups excluding carboxylic acids is 2. The quantitative estimate of drug-likeness (QED) is 0.481. The molecule has 1 saturated heterocycles. The molecule has 29 heavy (non-hydrogen) atoms. The zero-order valence-corrected chi connectivity index (χ0v) is 18.2. The van der Waals surface area contributed by atoms with Gasteiger partial charge in [-0.15, -0.1) is 0 Å². The predicted octanol–water partition coefficient (Wildman–Crippen LogP) is 6.03. The molecule has 3 rings (SSSR count). The Hall–Kier alpha value is -2.15. The molecule has 1 fully saturated rings. The maximum Gasteiger partial charge on any atom is 0.293 e. The molecule has 1 aliphatic heterocycles.